The van der Waals surface area contributed by atoms with Crippen LogP contribution in [-0.4, -0.2) is 34.3 Å². The van der Waals surface area contributed by atoms with Crippen molar-refractivity contribution in [2.24, 2.45) is 0 Å². The van der Waals surface area contributed by atoms with Gasteiger partial charge in [-0.2, -0.15) is 0 Å². The normalized spacial score (nSPS) is 14.9. The van der Waals surface area contributed by atoms with E-state index in [1.54, 1.807) is 24.1 Å². The molecule has 3 aromatic carbocycles. The number of carbonyl (C=O) groups is 1. The van der Waals surface area contributed by atoms with Crippen molar-refractivity contribution in [2.45, 2.75) is 11.8 Å². The minimum atomic E-state index is -0.377. The fourth-order valence-corrected chi connectivity index (χ4v) is 4.61. The van der Waals surface area contributed by atoms with Crippen molar-refractivity contribution in [3.8, 4) is 28.7 Å². The van der Waals surface area contributed by atoms with Crippen molar-refractivity contribution in [1.82, 2.24) is 0 Å². The Hall–Kier alpha value is -3.78. The molecule has 1 aliphatic rings. The third kappa shape index (κ3) is 4.74. The van der Waals surface area contributed by atoms with Gasteiger partial charge in [-0.25, -0.2) is 0 Å². The Morgan fingerprint density at radius 3 is 2.09 bits per heavy atom. The van der Waals surface area contributed by atoms with Crippen LogP contribution in [0.1, 0.15) is 17.2 Å². The molecule has 0 bridgehead atoms. The van der Waals surface area contributed by atoms with E-state index in [4.69, 9.17) is 23.1 Å². The molecule has 1 aliphatic heterocycles. The molecule has 0 radical (unpaired) electrons. The van der Waals surface area contributed by atoms with Crippen LogP contribution in [0.25, 0.3) is 0 Å². The highest BCUT2D eigenvalue weighted by Gasteiger charge is 2.43. The largest absolute Gasteiger partial charge is 0.493 e. The first kappa shape index (κ1) is 24.3. The van der Waals surface area contributed by atoms with E-state index in [2.05, 4.69) is 6.58 Å². The lowest BCUT2D eigenvalue weighted by atomic mass is 9.88. The van der Waals surface area contributed by atoms with Gasteiger partial charge >= 0.3 is 0 Å². The van der Waals surface area contributed by atoms with Crippen molar-refractivity contribution in [2.75, 3.05) is 33.3 Å². The predicted octanol–water partition coefficient (Wildman–Crippen LogP) is 5.59. The quantitative estimate of drug-likeness (QED) is 0.207. The zero-order valence-electron chi connectivity index (χ0n) is 20.1. The van der Waals surface area contributed by atoms with Gasteiger partial charge in [0.1, 0.15) is 0 Å². The minimum absolute atomic E-state index is 0.180. The number of rotatable bonds is 10. The molecular weight excluding hydrogens is 466 g/mol. The first-order valence-electron chi connectivity index (χ1n) is 10.9. The van der Waals surface area contributed by atoms with Crippen molar-refractivity contribution < 1.29 is 27.9 Å². The number of nitrogens with zero attached hydrogens (tertiary/aromatic N) is 1. The van der Waals surface area contributed by atoms with Crippen molar-refractivity contribution >= 4 is 23.6 Å². The van der Waals surface area contributed by atoms with Crippen molar-refractivity contribution in [3.05, 3.63) is 83.9 Å². The summed E-state index contributed by atoms with van der Waals surface area (Å²) in [5.41, 5.74) is 3.09. The molecule has 0 unspecified atom stereocenters. The van der Waals surface area contributed by atoms with Gasteiger partial charge in [-0.1, -0.05) is 43.0 Å². The molecule has 4 rings (SSSR count). The number of β-lactam (4-membered cyclic amide) rings is 1. The maximum atomic E-state index is 12.9. The molecule has 0 spiro atoms. The molecule has 1 fully saturated rings. The van der Waals surface area contributed by atoms with Crippen LogP contribution in [0.15, 0.2) is 72.8 Å². The minimum Gasteiger partial charge on any atom is -0.493 e. The zero-order valence-corrected chi connectivity index (χ0v) is 20.9. The van der Waals surface area contributed by atoms with E-state index in [-0.39, 0.29) is 11.9 Å². The smallest absolute Gasteiger partial charge is 0.256 e. The Balaban J connectivity index is 1.63. The van der Waals surface area contributed by atoms with Gasteiger partial charge in [-0.05, 0) is 23.3 Å². The Morgan fingerprint density at radius 1 is 0.829 bits per heavy atom. The molecule has 35 heavy (non-hydrogen) atoms. The third-order valence-electron chi connectivity index (χ3n) is 5.73. The molecule has 1 amide bonds. The van der Waals surface area contributed by atoms with Gasteiger partial charge < -0.3 is 23.1 Å². The molecule has 3 aromatic rings. The summed E-state index contributed by atoms with van der Waals surface area (Å²) in [5.74, 6) is 3.05. The van der Waals surface area contributed by atoms with E-state index < -0.39 is 0 Å². The summed E-state index contributed by atoms with van der Waals surface area (Å²) in [7, 11) is 6.21. The van der Waals surface area contributed by atoms with Gasteiger partial charge in [-0.15, -0.1) is 0 Å². The van der Waals surface area contributed by atoms with Crippen LogP contribution in [-0.2, 0) is 10.5 Å². The number of carbonyl (C=O) groups excluding carboxylic acids is 1. The van der Waals surface area contributed by atoms with E-state index in [1.165, 1.54) is 33.4 Å². The Morgan fingerprint density at radius 2 is 1.49 bits per heavy atom. The molecule has 1 atom stereocenters. The first-order chi connectivity index (χ1) is 17.0. The highest BCUT2D eigenvalue weighted by atomic mass is 32.2. The van der Waals surface area contributed by atoms with E-state index >= 15 is 0 Å². The lowest BCUT2D eigenvalue weighted by molar-refractivity contribution is -0.118. The summed E-state index contributed by atoms with van der Waals surface area (Å²) in [6.07, 6.45) is 0. The Kier molecular flexibility index (Phi) is 7.41. The van der Waals surface area contributed by atoms with Gasteiger partial charge in [0, 0.05) is 17.7 Å². The van der Waals surface area contributed by atoms with Crippen LogP contribution in [0.5, 0.6) is 28.7 Å². The van der Waals surface area contributed by atoms with Gasteiger partial charge in [-0.3, -0.25) is 9.69 Å². The second-order valence-electron chi connectivity index (χ2n) is 7.73. The van der Waals surface area contributed by atoms with E-state index in [0.29, 0.717) is 45.8 Å². The van der Waals surface area contributed by atoms with Crippen LogP contribution in [0, 0.1) is 0 Å². The second kappa shape index (κ2) is 10.7. The summed E-state index contributed by atoms with van der Waals surface area (Å²) in [6.45, 7) is 4.01. The molecule has 0 aliphatic carbocycles. The van der Waals surface area contributed by atoms with E-state index in [1.807, 2.05) is 48.5 Å². The predicted molar refractivity (Wildman–Crippen MR) is 137 cm³/mol. The average Bonchev–Trinajstić information content (AvgIpc) is 2.90. The van der Waals surface area contributed by atoms with Crippen LogP contribution in [0.3, 0.4) is 0 Å². The number of methoxy groups -OCH3 is 4. The standard InChI is InChI=1S/C27H27NO6S/c1-17-25(28(27(17)29)20-14-23(31-3)26(33-5)24(15-20)32-4)19-11-12-21(30-2)22(13-19)34-35-16-18-9-7-6-8-10-18/h6-15,25H,1,16H2,2-5H3/t25-/m1/s1. The topological polar surface area (TPSA) is 66.5 Å². The number of amides is 1. The number of anilines is 1. The number of benzene rings is 3. The fraction of sp³-hybridized carbons (Fsp3) is 0.222. The van der Waals surface area contributed by atoms with Crippen LogP contribution < -0.4 is 28.0 Å². The van der Waals surface area contributed by atoms with Crippen molar-refractivity contribution in [1.29, 1.82) is 0 Å². The second-order valence-corrected chi connectivity index (χ2v) is 8.42. The maximum Gasteiger partial charge on any atom is 0.256 e. The number of hydrogen-bond acceptors (Lipinski definition) is 7. The third-order valence-corrected chi connectivity index (χ3v) is 6.48. The molecule has 0 aromatic heterocycles. The summed E-state index contributed by atoms with van der Waals surface area (Å²) >= 11 is 1.32. The van der Waals surface area contributed by atoms with Gasteiger partial charge in [0.05, 0.1) is 58.0 Å². The van der Waals surface area contributed by atoms with E-state index in [0.717, 1.165) is 11.1 Å². The van der Waals surface area contributed by atoms with Crippen LogP contribution in [0.4, 0.5) is 5.69 Å². The molecule has 0 saturated carbocycles. The number of ether oxygens (including phenoxy) is 4. The summed E-state index contributed by atoms with van der Waals surface area (Å²) in [5, 5.41) is 0. The maximum absolute atomic E-state index is 12.9. The highest BCUT2D eigenvalue weighted by molar-refractivity contribution is 7.94. The molecule has 8 heteroatoms. The number of hydrogen-bond donors (Lipinski definition) is 0. The lowest BCUT2D eigenvalue weighted by Gasteiger charge is -2.42. The molecule has 182 valence electrons. The fourth-order valence-electron chi connectivity index (χ4n) is 3.97. The van der Waals surface area contributed by atoms with Crippen LogP contribution >= 0.6 is 12.0 Å². The van der Waals surface area contributed by atoms with Gasteiger partial charge in [0.15, 0.2) is 23.0 Å². The van der Waals surface area contributed by atoms with Crippen molar-refractivity contribution in [3.63, 3.8) is 0 Å². The summed E-state index contributed by atoms with van der Waals surface area (Å²) in [4.78, 5) is 14.5. The summed E-state index contributed by atoms with van der Waals surface area (Å²) < 4.78 is 27.8. The Bertz CT molecular complexity index is 1200. The van der Waals surface area contributed by atoms with Crippen LogP contribution in [0.2, 0.25) is 0 Å². The lowest BCUT2D eigenvalue weighted by Crippen LogP contribution is -2.48. The van der Waals surface area contributed by atoms with Gasteiger partial charge in [0.2, 0.25) is 5.75 Å². The monoisotopic (exact) mass is 493 g/mol. The molecular formula is C27H27NO6S. The first-order valence-corrected chi connectivity index (χ1v) is 11.8. The highest BCUT2D eigenvalue weighted by Crippen LogP contribution is 2.48. The SMILES string of the molecule is C=C1C(=O)N(c2cc(OC)c(OC)c(OC)c2)[C@H]1c1ccc(OC)c(OSCc2ccccc2)c1. The van der Waals surface area contributed by atoms with E-state index in [9.17, 15) is 4.79 Å². The molecule has 1 heterocycles. The average molecular weight is 494 g/mol. The van der Waals surface area contributed by atoms with Gasteiger partial charge in [0.25, 0.3) is 5.91 Å². The molecule has 0 N–H and O–H groups in total. The Labute approximate surface area is 209 Å². The zero-order chi connectivity index (χ0) is 24.9. The molecule has 7 nitrogen and oxygen atoms in total. The summed E-state index contributed by atoms with van der Waals surface area (Å²) in [6, 6.07) is 18.8. The molecule has 1 saturated heterocycles.